The van der Waals surface area contributed by atoms with Crippen molar-refractivity contribution < 1.29 is 26.4 Å². The number of hydrogen-bond acceptors (Lipinski definition) is 7. The molecule has 0 bridgehead atoms. The van der Waals surface area contributed by atoms with Gasteiger partial charge in [-0.3, -0.25) is 9.69 Å². The molecule has 13 heteroatoms. The van der Waals surface area contributed by atoms with Gasteiger partial charge in [-0.05, 0) is 49.2 Å². The lowest BCUT2D eigenvalue weighted by molar-refractivity contribution is -0.137. The lowest BCUT2D eigenvalue weighted by atomic mass is 9.94. The minimum Gasteiger partial charge on any atom is -0.285 e. The van der Waals surface area contributed by atoms with Crippen LogP contribution in [0.2, 0.25) is 0 Å². The molecule has 1 radical (unpaired) electrons. The van der Waals surface area contributed by atoms with Gasteiger partial charge in [-0.2, -0.15) is 18.4 Å². The van der Waals surface area contributed by atoms with Crippen molar-refractivity contribution in [3.05, 3.63) is 87.0 Å². The molecule has 4 rings (SSSR count). The summed E-state index contributed by atoms with van der Waals surface area (Å²) in [5, 5.41) is 13.5. The van der Waals surface area contributed by atoms with E-state index in [1.165, 1.54) is 36.1 Å². The number of allylic oxidation sites excluding steroid dienone is 2. The summed E-state index contributed by atoms with van der Waals surface area (Å²) in [6.45, 7) is 1.43. The fourth-order valence-electron chi connectivity index (χ4n) is 4.32. The average Bonchev–Trinajstić information content (AvgIpc) is 3.17. The van der Waals surface area contributed by atoms with E-state index in [-0.39, 0.29) is 41.6 Å². The molecule has 0 fully saturated rings. The Morgan fingerprint density at radius 3 is 2.39 bits per heavy atom. The maximum absolute atomic E-state index is 13.5. The van der Waals surface area contributed by atoms with E-state index in [4.69, 9.17) is 5.26 Å². The molecule has 9 nitrogen and oxygen atoms in total. The Morgan fingerprint density at radius 2 is 1.82 bits per heavy atom. The maximum atomic E-state index is 13.5. The SMILES string of the molecule is CC1=C([C]=O)[C@@H](c2ccc(C#N)cc2)n2c(nn(CCCS(C)(=O)=O)c2=O)N1c1cccc(C(F)(F)F)c1. The molecule has 0 saturated heterocycles. The summed E-state index contributed by atoms with van der Waals surface area (Å²) in [5.74, 6) is -0.262. The highest BCUT2D eigenvalue weighted by molar-refractivity contribution is 7.90. The van der Waals surface area contributed by atoms with Gasteiger partial charge < -0.3 is 0 Å². The van der Waals surface area contributed by atoms with Gasteiger partial charge in [0.25, 0.3) is 0 Å². The van der Waals surface area contributed by atoms with E-state index in [1.54, 1.807) is 12.1 Å². The Kier molecular flexibility index (Phi) is 7.03. The summed E-state index contributed by atoms with van der Waals surface area (Å²) in [4.78, 5) is 27.1. The van der Waals surface area contributed by atoms with E-state index in [0.717, 1.165) is 27.6 Å². The first-order valence-corrected chi connectivity index (χ1v) is 13.3. The van der Waals surface area contributed by atoms with Crippen LogP contribution in [0.1, 0.15) is 36.1 Å². The van der Waals surface area contributed by atoms with Crippen molar-refractivity contribution in [2.75, 3.05) is 16.9 Å². The van der Waals surface area contributed by atoms with Gasteiger partial charge in [-0.1, -0.05) is 18.2 Å². The quantitative estimate of drug-likeness (QED) is 0.447. The lowest BCUT2D eigenvalue weighted by Gasteiger charge is -2.34. The highest BCUT2D eigenvalue weighted by Gasteiger charge is 2.38. The highest BCUT2D eigenvalue weighted by atomic mass is 32.2. The Labute approximate surface area is 215 Å². The Balaban J connectivity index is 1.94. The number of hydrogen-bond donors (Lipinski definition) is 0. The standard InChI is InChI=1S/C25H21F3N5O4S/c1-16-21(15-34)22(18-9-7-17(14-29)8-10-18)33-23(30-31(24(33)35)11-4-12-38(2,36)37)32(16)20-6-3-5-19(13-20)25(26,27)28/h3,5-10,13,22H,4,11-12H2,1-2H3/t22-/m1/s1. The zero-order valence-electron chi connectivity index (χ0n) is 20.2. The van der Waals surface area contributed by atoms with Crippen LogP contribution in [0, 0.1) is 11.3 Å². The average molecular weight is 545 g/mol. The van der Waals surface area contributed by atoms with Crippen LogP contribution in [0.25, 0.3) is 0 Å². The van der Waals surface area contributed by atoms with Crippen LogP contribution in [0.4, 0.5) is 24.8 Å². The number of alkyl halides is 3. The lowest BCUT2D eigenvalue weighted by Crippen LogP contribution is -2.36. The minimum atomic E-state index is -4.64. The maximum Gasteiger partial charge on any atom is 0.416 e. The molecule has 0 aliphatic carbocycles. The van der Waals surface area contributed by atoms with Crippen LogP contribution < -0.4 is 10.6 Å². The van der Waals surface area contributed by atoms with E-state index in [2.05, 4.69) is 5.10 Å². The molecule has 2 heterocycles. The van der Waals surface area contributed by atoms with E-state index < -0.39 is 33.3 Å². The molecule has 0 N–H and O–H groups in total. The third-order valence-electron chi connectivity index (χ3n) is 6.09. The molecule has 1 aliphatic heterocycles. The number of fused-ring (bicyclic) bond motifs is 1. The Morgan fingerprint density at radius 1 is 1.13 bits per heavy atom. The van der Waals surface area contributed by atoms with Crippen molar-refractivity contribution in [3.8, 4) is 6.07 Å². The summed E-state index contributed by atoms with van der Waals surface area (Å²) in [5.41, 5.74) is -0.638. The van der Waals surface area contributed by atoms with Gasteiger partial charge in [-0.15, -0.1) is 5.10 Å². The van der Waals surface area contributed by atoms with Crippen molar-refractivity contribution in [1.82, 2.24) is 14.3 Å². The fourth-order valence-corrected chi connectivity index (χ4v) is 4.98. The predicted molar refractivity (Wildman–Crippen MR) is 132 cm³/mol. The monoisotopic (exact) mass is 544 g/mol. The second-order valence-electron chi connectivity index (χ2n) is 8.78. The first-order valence-electron chi connectivity index (χ1n) is 11.3. The second-order valence-corrected chi connectivity index (χ2v) is 11.0. The number of carbonyl (C=O) groups excluding carboxylic acids is 1. The van der Waals surface area contributed by atoms with Gasteiger partial charge in [0.1, 0.15) is 9.84 Å². The van der Waals surface area contributed by atoms with Gasteiger partial charge in [-0.25, -0.2) is 22.5 Å². The third kappa shape index (κ3) is 5.12. The van der Waals surface area contributed by atoms with Crippen LogP contribution in [0.15, 0.2) is 64.6 Å². The van der Waals surface area contributed by atoms with Crippen molar-refractivity contribution in [1.29, 1.82) is 5.26 Å². The number of sulfone groups is 1. The zero-order valence-corrected chi connectivity index (χ0v) is 21.0. The Bertz CT molecular complexity index is 1630. The molecule has 0 amide bonds. The first kappa shape index (κ1) is 26.9. The molecule has 38 heavy (non-hydrogen) atoms. The molecule has 1 aromatic heterocycles. The molecular weight excluding hydrogens is 523 g/mol. The Hall–Kier alpha value is -4.18. The zero-order chi connectivity index (χ0) is 27.8. The summed E-state index contributed by atoms with van der Waals surface area (Å²) in [6, 6.07) is 11.5. The molecule has 3 aromatic rings. The smallest absolute Gasteiger partial charge is 0.285 e. The van der Waals surface area contributed by atoms with Gasteiger partial charge in [0.15, 0.2) is 0 Å². The van der Waals surface area contributed by atoms with Gasteiger partial charge in [0.2, 0.25) is 12.2 Å². The molecule has 0 spiro atoms. The number of aromatic nitrogens is 3. The van der Waals surface area contributed by atoms with Gasteiger partial charge >= 0.3 is 11.9 Å². The van der Waals surface area contributed by atoms with E-state index >= 15 is 0 Å². The topological polar surface area (TPSA) is 118 Å². The molecule has 197 valence electrons. The van der Waals surface area contributed by atoms with Crippen LogP contribution in [-0.2, 0) is 27.4 Å². The molecule has 0 saturated carbocycles. The number of nitriles is 1. The third-order valence-corrected chi connectivity index (χ3v) is 7.12. The number of benzene rings is 2. The molecule has 1 atom stereocenters. The summed E-state index contributed by atoms with van der Waals surface area (Å²) >= 11 is 0. The number of aryl methyl sites for hydroxylation is 1. The van der Waals surface area contributed by atoms with Crippen LogP contribution in [0.3, 0.4) is 0 Å². The van der Waals surface area contributed by atoms with Crippen LogP contribution in [0.5, 0.6) is 0 Å². The van der Waals surface area contributed by atoms with Crippen molar-refractivity contribution in [2.24, 2.45) is 0 Å². The summed E-state index contributed by atoms with van der Waals surface area (Å²) < 4.78 is 65.8. The van der Waals surface area contributed by atoms with Crippen molar-refractivity contribution in [2.45, 2.75) is 32.1 Å². The summed E-state index contributed by atoms with van der Waals surface area (Å²) in [6.07, 6.45) is -1.67. The molecule has 0 unspecified atom stereocenters. The minimum absolute atomic E-state index is 0.0119. The van der Waals surface area contributed by atoms with Crippen LogP contribution >= 0.6 is 0 Å². The van der Waals surface area contributed by atoms with E-state index in [1.807, 2.05) is 12.4 Å². The first-order chi connectivity index (χ1) is 17.9. The number of rotatable bonds is 7. The van der Waals surface area contributed by atoms with Crippen LogP contribution in [-0.4, -0.2) is 41.1 Å². The predicted octanol–water partition coefficient (Wildman–Crippen LogP) is 3.49. The van der Waals surface area contributed by atoms with Crippen molar-refractivity contribution in [3.63, 3.8) is 0 Å². The molecule has 2 aromatic carbocycles. The summed E-state index contributed by atoms with van der Waals surface area (Å²) in [7, 11) is -3.32. The fraction of sp³-hybridized carbons (Fsp3) is 0.280. The normalized spacial score (nSPS) is 15.8. The highest BCUT2D eigenvalue weighted by Crippen LogP contribution is 2.42. The molecule has 1 aliphatic rings. The number of anilines is 2. The van der Waals surface area contributed by atoms with Crippen molar-refractivity contribution >= 4 is 27.8 Å². The largest absolute Gasteiger partial charge is 0.416 e. The van der Waals surface area contributed by atoms with E-state index in [9.17, 15) is 31.2 Å². The number of nitrogens with zero attached hydrogens (tertiary/aromatic N) is 5. The molecular formula is C25H21F3N5O4S. The second kappa shape index (κ2) is 9.94. The van der Waals surface area contributed by atoms with E-state index in [0.29, 0.717) is 11.1 Å². The number of halogens is 3. The van der Waals surface area contributed by atoms with Gasteiger partial charge in [0.05, 0.1) is 34.6 Å². The van der Waals surface area contributed by atoms with Gasteiger partial charge in [0, 0.05) is 24.2 Å².